The Labute approximate surface area is 172 Å². The number of nitrogens with zero attached hydrogens (tertiary/aromatic N) is 1. The SMILES string of the molecule is COc1ccc(C(C)NC(=O)Cn2c3ccccc3c(=O)c3ccccc32)cc1F. The molecule has 1 heterocycles. The number of carbonyl (C=O) groups is 1. The number of methoxy groups -OCH3 is 1. The van der Waals surface area contributed by atoms with Crippen LogP contribution in [-0.2, 0) is 11.3 Å². The molecule has 4 aromatic rings. The van der Waals surface area contributed by atoms with Crippen molar-refractivity contribution in [3.63, 3.8) is 0 Å². The van der Waals surface area contributed by atoms with Gasteiger partial charge in [-0.2, -0.15) is 0 Å². The largest absolute Gasteiger partial charge is 0.494 e. The van der Waals surface area contributed by atoms with E-state index in [0.29, 0.717) is 27.4 Å². The minimum absolute atomic E-state index is 0.0320. The summed E-state index contributed by atoms with van der Waals surface area (Å²) in [7, 11) is 1.41. The third-order valence-electron chi connectivity index (χ3n) is 5.23. The molecule has 0 bridgehead atoms. The fraction of sp³-hybridized carbons (Fsp3) is 0.167. The third kappa shape index (κ3) is 3.52. The number of carbonyl (C=O) groups excluding carboxylic acids is 1. The summed E-state index contributed by atoms with van der Waals surface area (Å²) in [6.07, 6.45) is 0. The molecule has 4 rings (SSSR count). The van der Waals surface area contributed by atoms with E-state index in [4.69, 9.17) is 4.74 Å². The van der Waals surface area contributed by atoms with Crippen molar-refractivity contribution < 1.29 is 13.9 Å². The minimum Gasteiger partial charge on any atom is -0.494 e. The van der Waals surface area contributed by atoms with E-state index in [1.54, 1.807) is 25.1 Å². The van der Waals surface area contributed by atoms with Gasteiger partial charge in [-0.25, -0.2) is 4.39 Å². The Hall–Kier alpha value is -3.67. The van der Waals surface area contributed by atoms with Crippen molar-refractivity contribution in [2.75, 3.05) is 7.11 Å². The van der Waals surface area contributed by atoms with Crippen LogP contribution in [0.1, 0.15) is 18.5 Å². The molecule has 1 aromatic heterocycles. The summed E-state index contributed by atoms with van der Waals surface area (Å²) in [4.78, 5) is 25.7. The Morgan fingerprint density at radius 2 is 1.63 bits per heavy atom. The van der Waals surface area contributed by atoms with Gasteiger partial charge in [-0.3, -0.25) is 9.59 Å². The van der Waals surface area contributed by atoms with Gasteiger partial charge >= 0.3 is 0 Å². The van der Waals surface area contributed by atoms with Crippen LogP contribution in [0.15, 0.2) is 71.5 Å². The van der Waals surface area contributed by atoms with Crippen molar-refractivity contribution in [2.24, 2.45) is 0 Å². The van der Waals surface area contributed by atoms with Crippen LogP contribution in [0.5, 0.6) is 5.75 Å². The van der Waals surface area contributed by atoms with Gasteiger partial charge in [-0.05, 0) is 48.9 Å². The average Bonchev–Trinajstić information content (AvgIpc) is 2.76. The number of fused-ring (bicyclic) bond motifs is 2. The number of benzene rings is 3. The molecule has 3 aromatic carbocycles. The van der Waals surface area contributed by atoms with E-state index in [9.17, 15) is 14.0 Å². The van der Waals surface area contributed by atoms with Crippen molar-refractivity contribution >= 4 is 27.7 Å². The molecular weight excluding hydrogens is 383 g/mol. The molecule has 0 fully saturated rings. The first-order chi connectivity index (χ1) is 14.5. The molecule has 152 valence electrons. The lowest BCUT2D eigenvalue weighted by molar-refractivity contribution is -0.122. The molecule has 6 heteroatoms. The van der Waals surface area contributed by atoms with Gasteiger partial charge in [0.25, 0.3) is 0 Å². The van der Waals surface area contributed by atoms with Crippen LogP contribution in [-0.4, -0.2) is 17.6 Å². The second-order valence-electron chi connectivity index (χ2n) is 7.13. The number of halogens is 1. The van der Waals surface area contributed by atoms with E-state index < -0.39 is 11.9 Å². The quantitative estimate of drug-likeness (QED) is 0.508. The summed E-state index contributed by atoms with van der Waals surface area (Å²) in [6.45, 7) is 1.82. The van der Waals surface area contributed by atoms with Crippen molar-refractivity contribution in [1.29, 1.82) is 0 Å². The van der Waals surface area contributed by atoms with E-state index in [2.05, 4.69) is 5.32 Å². The molecule has 0 aliphatic heterocycles. The molecule has 1 amide bonds. The molecule has 0 saturated carbocycles. The number of hydrogen-bond acceptors (Lipinski definition) is 3. The molecule has 0 aliphatic carbocycles. The van der Waals surface area contributed by atoms with Crippen LogP contribution < -0.4 is 15.5 Å². The predicted octanol–water partition coefficient (Wildman–Crippen LogP) is 4.18. The van der Waals surface area contributed by atoms with Crippen molar-refractivity contribution in [2.45, 2.75) is 19.5 Å². The van der Waals surface area contributed by atoms with Crippen LogP contribution in [0, 0.1) is 5.82 Å². The summed E-state index contributed by atoms with van der Waals surface area (Å²) in [5.41, 5.74) is 1.97. The lowest BCUT2D eigenvalue weighted by Crippen LogP contribution is -2.31. The van der Waals surface area contributed by atoms with Gasteiger partial charge in [0, 0.05) is 10.8 Å². The van der Waals surface area contributed by atoms with Gasteiger partial charge in [-0.1, -0.05) is 30.3 Å². The predicted molar refractivity (Wildman–Crippen MR) is 115 cm³/mol. The summed E-state index contributed by atoms with van der Waals surface area (Å²) in [5, 5.41) is 4.04. The summed E-state index contributed by atoms with van der Waals surface area (Å²) in [5.74, 6) is -0.561. The van der Waals surface area contributed by atoms with Crippen LogP contribution in [0.4, 0.5) is 4.39 Å². The number of hydrogen-bond donors (Lipinski definition) is 1. The van der Waals surface area contributed by atoms with Crippen molar-refractivity contribution in [3.8, 4) is 5.75 Å². The number of amides is 1. The summed E-state index contributed by atoms with van der Waals surface area (Å²) in [6, 6.07) is 18.7. The van der Waals surface area contributed by atoms with Gasteiger partial charge in [0.1, 0.15) is 6.54 Å². The first-order valence-electron chi connectivity index (χ1n) is 9.62. The standard InChI is InChI=1S/C24H21FN2O3/c1-15(16-11-12-22(30-2)19(25)13-16)26-23(28)14-27-20-9-5-3-7-17(20)24(29)18-8-4-6-10-21(18)27/h3-13,15H,14H2,1-2H3,(H,26,28). The van der Waals surface area contributed by atoms with Crippen molar-refractivity contribution in [3.05, 3.63) is 88.3 Å². The molecule has 0 radical (unpaired) electrons. The first kappa shape index (κ1) is 19.6. The molecule has 1 atom stereocenters. The fourth-order valence-corrected chi connectivity index (χ4v) is 3.71. The highest BCUT2D eigenvalue weighted by molar-refractivity contribution is 5.94. The van der Waals surface area contributed by atoms with Gasteiger partial charge < -0.3 is 14.6 Å². The number of pyridine rings is 1. The molecular formula is C24H21FN2O3. The maximum absolute atomic E-state index is 14.0. The molecule has 0 aliphatic rings. The molecule has 1 N–H and O–H groups in total. The Morgan fingerprint density at radius 3 is 2.20 bits per heavy atom. The Balaban J connectivity index is 1.67. The third-order valence-corrected chi connectivity index (χ3v) is 5.23. The van der Waals surface area contributed by atoms with Crippen LogP contribution >= 0.6 is 0 Å². The zero-order valence-electron chi connectivity index (χ0n) is 16.7. The van der Waals surface area contributed by atoms with Gasteiger partial charge in [0.2, 0.25) is 5.91 Å². The molecule has 0 spiro atoms. The highest BCUT2D eigenvalue weighted by Crippen LogP contribution is 2.22. The van der Waals surface area contributed by atoms with E-state index in [1.165, 1.54) is 19.2 Å². The Bertz CT molecular complexity index is 1250. The van der Waals surface area contributed by atoms with Crippen LogP contribution in [0.2, 0.25) is 0 Å². The smallest absolute Gasteiger partial charge is 0.240 e. The molecule has 0 saturated heterocycles. The van der Waals surface area contributed by atoms with Gasteiger partial charge in [0.05, 0.1) is 24.2 Å². The number of ether oxygens (including phenoxy) is 1. The number of aromatic nitrogens is 1. The first-order valence-corrected chi connectivity index (χ1v) is 9.62. The van der Waals surface area contributed by atoms with E-state index in [-0.39, 0.29) is 23.6 Å². The van der Waals surface area contributed by atoms with E-state index >= 15 is 0 Å². The number of nitrogens with one attached hydrogen (secondary N) is 1. The summed E-state index contributed by atoms with van der Waals surface area (Å²) >= 11 is 0. The zero-order valence-corrected chi connectivity index (χ0v) is 16.7. The normalized spacial score (nSPS) is 12.1. The average molecular weight is 404 g/mol. The van der Waals surface area contributed by atoms with Gasteiger partial charge in [-0.15, -0.1) is 0 Å². The Kier molecular flexibility index (Phi) is 5.23. The lowest BCUT2D eigenvalue weighted by Gasteiger charge is -2.18. The van der Waals surface area contributed by atoms with E-state index in [1.807, 2.05) is 41.0 Å². The van der Waals surface area contributed by atoms with Crippen molar-refractivity contribution in [1.82, 2.24) is 9.88 Å². The highest BCUT2D eigenvalue weighted by Gasteiger charge is 2.16. The highest BCUT2D eigenvalue weighted by atomic mass is 19.1. The number of rotatable bonds is 5. The second-order valence-corrected chi connectivity index (χ2v) is 7.13. The Morgan fingerprint density at radius 1 is 1.03 bits per heavy atom. The van der Waals surface area contributed by atoms with Crippen LogP contribution in [0.3, 0.4) is 0 Å². The second kappa shape index (κ2) is 7.99. The van der Waals surface area contributed by atoms with Crippen LogP contribution in [0.25, 0.3) is 21.8 Å². The topological polar surface area (TPSA) is 60.3 Å². The molecule has 5 nitrogen and oxygen atoms in total. The monoisotopic (exact) mass is 404 g/mol. The summed E-state index contributed by atoms with van der Waals surface area (Å²) < 4.78 is 20.8. The number of para-hydroxylation sites is 2. The zero-order chi connectivity index (χ0) is 21.3. The lowest BCUT2D eigenvalue weighted by atomic mass is 10.1. The maximum Gasteiger partial charge on any atom is 0.240 e. The minimum atomic E-state index is -0.478. The molecule has 30 heavy (non-hydrogen) atoms. The van der Waals surface area contributed by atoms with Gasteiger partial charge in [0.15, 0.2) is 17.0 Å². The fourth-order valence-electron chi connectivity index (χ4n) is 3.71. The maximum atomic E-state index is 14.0. The molecule has 1 unspecified atom stereocenters. The van der Waals surface area contributed by atoms with E-state index in [0.717, 1.165) is 0 Å².